The lowest BCUT2D eigenvalue weighted by molar-refractivity contribution is -0.120. The van der Waals surface area contributed by atoms with Crippen molar-refractivity contribution in [1.82, 2.24) is 20.9 Å². The van der Waals surface area contributed by atoms with E-state index in [1.165, 1.54) is 0 Å². The zero-order valence-corrected chi connectivity index (χ0v) is 15.6. The van der Waals surface area contributed by atoms with Gasteiger partial charge in [0.2, 0.25) is 5.91 Å². The molecule has 2 amide bonds. The third-order valence-corrected chi connectivity index (χ3v) is 3.50. The Hall–Kier alpha value is -2.57. The van der Waals surface area contributed by atoms with Crippen LogP contribution in [-0.4, -0.2) is 63.5 Å². The second-order valence-corrected chi connectivity index (χ2v) is 5.85. The lowest BCUT2D eigenvalue weighted by Gasteiger charge is -2.13. The Morgan fingerprint density at radius 1 is 1.12 bits per heavy atom. The van der Waals surface area contributed by atoms with Crippen molar-refractivity contribution in [2.24, 2.45) is 4.99 Å². The molecule has 0 aliphatic heterocycles. The van der Waals surface area contributed by atoms with Gasteiger partial charge in [0.25, 0.3) is 5.91 Å². The van der Waals surface area contributed by atoms with Gasteiger partial charge in [0, 0.05) is 39.8 Å². The zero-order chi connectivity index (χ0) is 18.7. The fraction of sp³-hybridized carbons (Fsp3) is 0.500. The van der Waals surface area contributed by atoms with Gasteiger partial charge in [0.15, 0.2) is 5.96 Å². The van der Waals surface area contributed by atoms with Crippen LogP contribution in [0.15, 0.2) is 29.3 Å². The van der Waals surface area contributed by atoms with Crippen molar-refractivity contribution in [3.8, 4) is 0 Å². The number of nitrogens with zero attached hydrogens (tertiary/aromatic N) is 2. The van der Waals surface area contributed by atoms with E-state index in [1.807, 2.05) is 31.2 Å². The maximum atomic E-state index is 12.0. The molecule has 0 spiro atoms. The van der Waals surface area contributed by atoms with Gasteiger partial charge in [0.1, 0.15) is 0 Å². The molecule has 0 aliphatic carbocycles. The van der Waals surface area contributed by atoms with E-state index in [9.17, 15) is 9.59 Å². The molecule has 0 saturated heterocycles. The van der Waals surface area contributed by atoms with Crippen molar-refractivity contribution in [3.63, 3.8) is 0 Å². The van der Waals surface area contributed by atoms with E-state index in [4.69, 9.17) is 0 Å². The Morgan fingerprint density at radius 3 is 2.52 bits per heavy atom. The summed E-state index contributed by atoms with van der Waals surface area (Å²) in [6, 6.07) is 7.59. The van der Waals surface area contributed by atoms with E-state index in [0.29, 0.717) is 24.6 Å². The SMILES string of the molecule is CCCNC(=O)CNC(=NC)NCCc1cccc(C(=O)N(C)C)c1. The molecule has 0 saturated carbocycles. The predicted octanol–water partition coefficient (Wildman–Crippen LogP) is 0.622. The molecule has 1 rings (SSSR count). The molecule has 0 atom stereocenters. The summed E-state index contributed by atoms with van der Waals surface area (Å²) in [6.07, 6.45) is 1.66. The molecule has 25 heavy (non-hydrogen) atoms. The molecule has 7 nitrogen and oxygen atoms in total. The summed E-state index contributed by atoms with van der Waals surface area (Å²) in [4.78, 5) is 29.2. The summed E-state index contributed by atoms with van der Waals surface area (Å²) in [5.74, 6) is 0.511. The van der Waals surface area contributed by atoms with Crippen molar-refractivity contribution < 1.29 is 9.59 Å². The summed E-state index contributed by atoms with van der Waals surface area (Å²) in [5.41, 5.74) is 1.74. The van der Waals surface area contributed by atoms with Gasteiger partial charge in [-0.3, -0.25) is 14.6 Å². The molecule has 138 valence electrons. The molecule has 0 unspecified atom stereocenters. The van der Waals surface area contributed by atoms with Crippen LogP contribution in [0.5, 0.6) is 0 Å². The Morgan fingerprint density at radius 2 is 1.88 bits per heavy atom. The third kappa shape index (κ3) is 7.69. The van der Waals surface area contributed by atoms with E-state index < -0.39 is 0 Å². The summed E-state index contributed by atoms with van der Waals surface area (Å²) < 4.78 is 0. The van der Waals surface area contributed by atoms with E-state index in [-0.39, 0.29) is 18.4 Å². The number of hydrogen-bond acceptors (Lipinski definition) is 3. The highest BCUT2D eigenvalue weighted by Crippen LogP contribution is 2.07. The second-order valence-electron chi connectivity index (χ2n) is 5.85. The number of nitrogens with one attached hydrogen (secondary N) is 3. The number of carbonyl (C=O) groups excluding carboxylic acids is 2. The number of carbonyl (C=O) groups is 2. The van der Waals surface area contributed by atoms with E-state index in [2.05, 4.69) is 20.9 Å². The monoisotopic (exact) mass is 347 g/mol. The third-order valence-electron chi connectivity index (χ3n) is 3.50. The summed E-state index contributed by atoms with van der Waals surface area (Å²) >= 11 is 0. The Labute approximate surface area is 149 Å². The highest BCUT2D eigenvalue weighted by Gasteiger charge is 2.08. The van der Waals surface area contributed by atoms with Gasteiger partial charge in [-0.2, -0.15) is 0 Å². The van der Waals surface area contributed by atoms with Gasteiger partial charge in [-0.05, 0) is 30.5 Å². The molecule has 0 aliphatic rings. The van der Waals surface area contributed by atoms with Crippen LogP contribution in [0.3, 0.4) is 0 Å². The molecule has 0 bridgehead atoms. The first-order valence-electron chi connectivity index (χ1n) is 8.49. The topological polar surface area (TPSA) is 85.8 Å². The number of aliphatic imine (C=N–C) groups is 1. The molecule has 0 fully saturated rings. The standard InChI is InChI=1S/C18H29N5O2/c1-5-10-20-16(24)13-22-18(19-2)21-11-9-14-7-6-8-15(12-14)17(25)23(3)4/h6-8,12H,5,9-11,13H2,1-4H3,(H,20,24)(H2,19,21,22). The molecule has 0 radical (unpaired) electrons. The minimum Gasteiger partial charge on any atom is -0.356 e. The van der Waals surface area contributed by atoms with E-state index in [1.54, 1.807) is 26.0 Å². The lowest BCUT2D eigenvalue weighted by atomic mass is 10.1. The van der Waals surface area contributed by atoms with Gasteiger partial charge in [-0.1, -0.05) is 19.1 Å². The van der Waals surface area contributed by atoms with Crippen LogP contribution in [0, 0.1) is 0 Å². The minimum atomic E-state index is -0.0558. The van der Waals surface area contributed by atoms with Gasteiger partial charge in [-0.25, -0.2) is 0 Å². The van der Waals surface area contributed by atoms with Crippen LogP contribution in [0.1, 0.15) is 29.3 Å². The quantitative estimate of drug-likeness (QED) is 0.475. The minimum absolute atomic E-state index is 0.00891. The highest BCUT2D eigenvalue weighted by molar-refractivity contribution is 5.94. The Balaban J connectivity index is 2.43. The van der Waals surface area contributed by atoms with Gasteiger partial charge >= 0.3 is 0 Å². The summed E-state index contributed by atoms with van der Waals surface area (Å²) in [7, 11) is 5.14. The van der Waals surface area contributed by atoms with Crippen molar-refractivity contribution in [2.75, 3.05) is 40.8 Å². The predicted molar refractivity (Wildman–Crippen MR) is 101 cm³/mol. The maximum Gasteiger partial charge on any atom is 0.253 e. The largest absolute Gasteiger partial charge is 0.356 e. The number of rotatable bonds is 8. The lowest BCUT2D eigenvalue weighted by Crippen LogP contribution is -2.43. The number of guanidine groups is 1. The Bertz CT molecular complexity index is 599. The molecular weight excluding hydrogens is 318 g/mol. The normalized spacial score (nSPS) is 11.0. The fourth-order valence-electron chi connectivity index (χ4n) is 2.15. The molecular formula is C18H29N5O2. The van der Waals surface area contributed by atoms with Crippen LogP contribution in [0.25, 0.3) is 0 Å². The average molecular weight is 347 g/mol. The van der Waals surface area contributed by atoms with Crippen LogP contribution in [0.2, 0.25) is 0 Å². The van der Waals surface area contributed by atoms with Crippen molar-refractivity contribution in [2.45, 2.75) is 19.8 Å². The molecule has 0 heterocycles. The van der Waals surface area contributed by atoms with Gasteiger partial charge in [0.05, 0.1) is 6.54 Å². The number of hydrogen-bond donors (Lipinski definition) is 3. The first-order chi connectivity index (χ1) is 12.0. The van der Waals surface area contributed by atoms with Gasteiger partial charge in [-0.15, -0.1) is 0 Å². The van der Waals surface area contributed by atoms with Crippen molar-refractivity contribution in [1.29, 1.82) is 0 Å². The van der Waals surface area contributed by atoms with Crippen molar-refractivity contribution in [3.05, 3.63) is 35.4 Å². The van der Waals surface area contributed by atoms with Gasteiger partial charge < -0.3 is 20.9 Å². The van der Waals surface area contributed by atoms with Crippen LogP contribution < -0.4 is 16.0 Å². The average Bonchev–Trinajstić information content (AvgIpc) is 2.62. The van der Waals surface area contributed by atoms with E-state index in [0.717, 1.165) is 18.4 Å². The first kappa shape index (κ1) is 20.5. The first-order valence-corrected chi connectivity index (χ1v) is 8.49. The summed E-state index contributed by atoms with van der Waals surface area (Å²) in [6.45, 7) is 3.52. The zero-order valence-electron chi connectivity index (χ0n) is 15.6. The van der Waals surface area contributed by atoms with E-state index >= 15 is 0 Å². The van der Waals surface area contributed by atoms with Crippen LogP contribution in [-0.2, 0) is 11.2 Å². The maximum absolute atomic E-state index is 12.0. The van der Waals surface area contributed by atoms with Crippen LogP contribution >= 0.6 is 0 Å². The fourth-order valence-corrected chi connectivity index (χ4v) is 2.15. The Kier molecular flexibility index (Phi) is 9.06. The molecule has 7 heteroatoms. The summed E-state index contributed by atoms with van der Waals surface area (Å²) in [5, 5.41) is 8.94. The highest BCUT2D eigenvalue weighted by atomic mass is 16.2. The van der Waals surface area contributed by atoms with Crippen molar-refractivity contribution >= 4 is 17.8 Å². The second kappa shape index (κ2) is 11.1. The number of benzene rings is 1. The molecule has 1 aromatic carbocycles. The molecule has 0 aromatic heterocycles. The van der Waals surface area contributed by atoms with Crippen LogP contribution in [0.4, 0.5) is 0 Å². The molecule has 3 N–H and O–H groups in total. The smallest absolute Gasteiger partial charge is 0.253 e. The number of amides is 2. The molecule has 1 aromatic rings.